The van der Waals surface area contributed by atoms with Crippen molar-refractivity contribution in [2.45, 2.75) is 13.0 Å². The molecule has 0 fully saturated rings. The summed E-state index contributed by atoms with van der Waals surface area (Å²) >= 11 is 6.03. The highest BCUT2D eigenvalue weighted by atomic mass is 35.5. The molecule has 0 bridgehead atoms. The summed E-state index contributed by atoms with van der Waals surface area (Å²) < 4.78 is 5.37. The number of amides is 2. The largest absolute Gasteiger partial charge is 0.367 e. The van der Waals surface area contributed by atoms with Crippen LogP contribution >= 0.6 is 11.6 Å². The number of nitrogens with zero attached hydrogens (tertiary/aromatic N) is 1. The predicted molar refractivity (Wildman–Crippen MR) is 90.4 cm³/mol. The van der Waals surface area contributed by atoms with E-state index in [4.69, 9.17) is 16.3 Å². The second-order valence-corrected chi connectivity index (χ2v) is 5.89. The summed E-state index contributed by atoms with van der Waals surface area (Å²) in [5, 5.41) is 1.93. The van der Waals surface area contributed by atoms with Gasteiger partial charge in [-0.05, 0) is 29.7 Å². The molecule has 2 aromatic rings. The molecule has 0 spiro atoms. The molecule has 6 heteroatoms. The number of fused-ring (bicyclic) bond motifs is 1. The van der Waals surface area contributed by atoms with Crippen LogP contribution in [0.4, 0.5) is 0 Å². The number of carbonyl (C=O) groups is 2. The predicted octanol–water partition coefficient (Wildman–Crippen LogP) is 2.59. The van der Waals surface area contributed by atoms with Crippen molar-refractivity contribution in [3.63, 3.8) is 0 Å². The fourth-order valence-corrected chi connectivity index (χ4v) is 2.78. The Balaban J connectivity index is 1.51. The van der Waals surface area contributed by atoms with Crippen LogP contribution in [-0.2, 0) is 22.6 Å². The van der Waals surface area contributed by atoms with Gasteiger partial charge in [-0.15, -0.1) is 0 Å². The number of ether oxygens (including phenoxy) is 1. The van der Waals surface area contributed by atoms with Gasteiger partial charge in [-0.3, -0.25) is 15.0 Å². The standard InChI is InChI=1S/C18H17ClN2O3/c19-16-8-4-2-6-14(16)11-24-12-17(22)20-21-10-9-13-5-1-3-7-15(13)18(21)23/h1-8H,9-12H2,(H,20,22). The molecule has 2 aromatic carbocycles. The highest BCUT2D eigenvalue weighted by Crippen LogP contribution is 2.17. The number of halogens is 1. The summed E-state index contributed by atoms with van der Waals surface area (Å²) in [6, 6.07) is 14.7. The first-order valence-electron chi connectivity index (χ1n) is 7.65. The normalized spacial score (nSPS) is 13.5. The lowest BCUT2D eigenvalue weighted by Crippen LogP contribution is -2.50. The Morgan fingerprint density at radius 1 is 1.17 bits per heavy atom. The number of hydrazine groups is 1. The SMILES string of the molecule is O=C(COCc1ccccc1Cl)NN1CCc2ccccc2C1=O. The van der Waals surface area contributed by atoms with Crippen molar-refractivity contribution < 1.29 is 14.3 Å². The number of hydrogen-bond acceptors (Lipinski definition) is 3. The molecule has 0 aromatic heterocycles. The second-order valence-electron chi connectivity index (χ2n) is 5.48. The molecule has 2 amide bonds. The molecule has 1 aliphatic heterocycles. The van der Waals surface area contributed by atoms with Gasteiger partial charge in [0, 0.05) is 17.1 Å². The summed E-state index contributed by atoms with van der Waals surface area (Å²) in [6.45, 7) is 0.548. The minimum absolute atomic E-state index is 0.142. The van der Waals surface area contributed by atoms with Crippen molar-refractivity contribution in [2.24, 2.45) is 0 Å². The molecule has 0 atom stereocenters. The molecule has 5 nitrogen and oxygen atoms in total. The summed E-state index contributed by atoms with van der Waals surface area (Å²) in [5.41, 5.74) is 5.04. The van der Waals surface area contributed by atoms with E-state index in [-0.39, 0.29) is 25.0 Å². The molecule has 0 aliphatic carbocycles. The second kappa shape index (κ2) is 7.47. The van der Waals surface area contributed by atoms with E-state index < -0.39 is 0 Å². The van der Waals surface area contributed by atoms with E-state index in [1.54, 1.807) is 12.1 Å². The van der Waals surface area contributed by atoms with Crippen molar-refractivity contribution in [3.8, 4) is 0 Å². The Hall–Kier alpha value is -2.37. The maximum atomic E-state index is 12.3. The zero-order valence-corrected chi connectivity index (χ0v) is 13.8. The van der Waals surface area contributed by atoms with Gasteiger partial charge in [-0.25, -0.2) is 5.01 Å². The first-order chi connectivity index (χ1) is 11.6. The van der Waals surface area contributed by atoms with Gasteiger partial charge in [0.15, 0.2) is 0 Å². The fourth-order valence-electron chi connectivity index (χ4n) is 2.58. The molecule has 124 valence electrons. The van der Waals surface area contributed by atoms with Gasteiger partial charge in [-0.1, -0.05) is 48.0 Å². The van der Waals surface area contributed by atoms with Crippen LogP contribution in [0.3, 0.4) is 0 Å². The average molecular weight is 345 g/mol. The number of nitrogens with one attached hydrogen (secondary N) is 1. The van der Waals surface area contributed by atoms with Crippen LogP contribution in [0.25, 0.3) is 0 Å². The van der Waals surface area contributed by atoms with Crippen LogP contribution in [0.1, 0.15) is 21.5 Å². The van der Waals surface area contributed by atoms with E-state index >= 15 is 0 Å². The highest BCUT2D eigenvalue weighted by molar-refractivity contribution is 6.31. The number of benzene rings is 2. The van der Waals surface area contributed by atoms with E-state index in [1.807, 2.05) is 36.4 Å². The summed E-state index contributed by atoms with van der Waals surface area (Å²) in [4.78, 5) is 24.3. The first-order valence-corrected chi connectivity index (χ1v) is 8.03. The van der Waals surface area contributed by atoms with Crippen molar-refractivity contribution in [2.75, 3.05) is 13.2 Å². The van der Waals surface area contributed by atoms with Gasteiger partial charge in [0.1, 0.15) is 6.61 Å². The highest BCUT2D eigenvalue weighted by Gasteiger charge is 2.25. The lowest BCUT2D eigenvalue weighted by atomic mass is 10.0. The summed E-state index contributed by atoms with van der Waals surface area (Å²) in [5.74, 6) is -0.564. The fraction of sp³-hybridized carbons (Fsp3) is 0.222. The van der Waals surface area contributed by atoms with E-state index in [9.17, 15) is 9.59 Å². The van der Waals surface area contributed by atoms with Gasteiger partial charge in [-0.2, -0.15) is 0 Å². The number of rotatable bonds is 5. The number of carbonyl (C=O) groups excluding carboxylic acids is 2. The van der Waals surface area contributed by atoms with Gasteiger partial charge in [0.2, 0.25) is 0 Å². The Bertz CT molecular complexity index is 763. The molecule has 0 unspecified atom stereocenters. The molecule has 0 saturated carbocycles. The molecule has 1 N–H and O–H groups in total. The molecule has 24 heavy (non-hydrogen) atoms. The monoisotopic (exact) mass is 344 g/mol. The minimum atomic E-state index is -0.366. The van der Waals surface area contributed by atoms with Crippen molar-refractivity contribution >= 4 is 23.4 Å². The van der Waals surface area contributed by atoms with Crippen molar-refractivity contribution in [3.05, 3.63) is 70.2 Å². The zero-order valence-electron chi connectivity index (χ0n) is 13.0. The zero-order chi connectivity index (χ0) is 16.9. The Morgan fingerprint density at radius 2 is 1.92 bits per heavy atom. The Labute approximate surface area is 145 Å². The van der Waals surface area contributed by atoms with Crippen LogP contribution in [0.5, 0.6) is 0 Å². The topological polar surface area (TPSA) is 58.6 Å². The first kappa shape index (κ1) is 16.5. The van der Waals surface area contributed by atoms with Gasteiger partial charge >= 0.3 is 0 Å². The van der Waals surface area contributed by atoms with Crippen LogP contribution in [0.2, 0.25) is 5.02 Å². The van der Waals surface area contributed by atoms with E-state index in [0.29, 0.717) is 23.6 Å². The molecular weight excluding hydrogens is 328 g/mol. The maximum absolute atomic E-state index is 12.3. The third-order valence-corrected chi connectivity index (χ3v) is 4.17. The average Bonchev–Trinajstić information content (AvgIpc) is 2.59. The summed E-state index contributed by atoms with van der Waals surface area (Å²) in [6.07, 6.45) is 0.711. The quantitative estimate of drug-likeness (QED) is 0.907. The van der Waals surface area contributed by atoms with Crippen LogP contribution in [0, 0.1) is 0 Å². The summed E-state index contributed by atoms with van der Waals surface area (Å²) in [7, 11) is 0. The van der Waals surface area contributed by atoms with Gasteiger partial charge in [0.05, 0.1) is 6.61 Å². The van der Waals surface area contributed by atoms with Crippen LogP contribution in [0.15, 0.2) is 48.5 Å². The molecule has 0 radical (unpaired) electrons. The molecule has 0 saturated heterocycles. The van der Waals surface area contributed by atoms with Crippen LogP contribution in [-0.4, -0.2) is 30.0 Å². The van der Waals surface area contributed by atoms with Gasteiger partial charge in [0.25, 0.3) is 11.8 Å². The number of hydrogen-bond donors (Lipinski definition) is 1. The smallest absolute Gasteiger partial charge is 0.272 e. The lowest BCUT2D eigenvalue weighted by molar-refractivity contribution is -0.130. The van der Waals surface area contributed by atoms with Gasteiger partial charge < -0.3 is 4.74 Å². The maximum Gasteiger partial charge on any atom is 0.272 e. The Kier molecular flexibility index (Phi) is 5.13. The Morgan fingerprint density at radius 3 is 2.75 bits per heavy atom. The molecule has 3 rings (SSSR count). The third-order valence-electron chi connectivity index (χ3n) is 3.81. The van der Waals surface area contributed by atoms with E-state index in [0.717, 1.165) is 11.1 Å². The molecule has 1 heterocycles. The third kappa shape index (κ3) is 3.75. The van der Waals surface area contributed by atoms with Crippen molar-refractivity contribution in [1.82, 2.24) is 10.4 Å². The minimum Gasteiger partial charge on any atom is -0.367 e. The van der Waals surface area contributed by atoms with E-state index in [1.165, 1.54) is 5.01 Å². The van der Waals surface area contributed by atoms with Crippen molar-refractivity contribution in [1.29, 1.82) is 0 Å². The molecular formula is C18H17ClN2O3. The van der Waals surface area contributed by atoms with Crippen LogP contribution < -0.4 is 5.43 Å². The molecule has 1 aliphatic rings. The van der Waals surface area contributed by atoms with E-state index in [2.05, 4.69) is 5.43 Å². The lowest BCUT2D eigenvalue weighted by Gasteiger charge is -2.28.